The molecule has 0 spiro atoms. The van der Waals surface area contributed by atoms with Gasteiger partial charge in [0.1, 0.15) is 5.82 Å². The molecule has 0 saturated carbocycles. The SMILES string of the molecule is CCc1ccc2c(c1)CCN(C(=O)CCOCCCCCOCCCCCNC(=O)c1cnc(N3CCN(c4ncc5c(n4)CCN(C)C5)CC3)nc1N)C2. The van der Waals surface area contributed by atoms with Crippen LogP contribution in [0, 0.1) is 0 Å². The summed E-state index contributed by atoms with van der Waals surface area (Å²) in [5, 5.41) is 2.95. The highest BCUT2D eigenvalue weighted by atomic mass is 16.5. The number of carbonyl (C=O) groups is 2. The van der Waals surface area contributed by atoms with Gasteiger partial charge < -0.3 is 40.1 Å². The number of fused-ring (bicyclic) bond motifs is 2. The fourth-order valence-electron chi connectivity index (χ4n) is 7.37. The monoisotopic (exact) mass is 756 g/mol. The van der Waals surface area contributed by atoms with Crippen LogP contribution in [0.5, 0.6) is 0 Å². The van der Waals surface area contributed by atoms with Gasteiger partial charge in [0, 0.05) is 103 Å². The molecule has 2 aromatic heterocycles. The maximum absolute atomic E-state index is 12.8. The summed E-state index contributed by atoms with van der Waals surface area (Å²) < 4.78 is 11.5. The van der Waals surface area contributed by atoms with E-state index in [1.165, 1.54) is 28.5 Å². The van der Waals surface area contributed by atoms with E-state index in [1.807, 2.05) is 11.1 Å². The number of unbranched alkanes of at least 4 members (excludes halogenated alkanes) is 4. The van der Waals surface area contributed by atoms with Gasteiger partial charge in [0.2, 0.25) is 17.8 Å². The van der Waals surface area contributed by atoms with E-state index in [0.29, 0.717) is 63.9 Å². The summed E-state index contributed by atoms with van der Waals surface area (Å²) in [7, 11) is 2.12. The van der Waals surface area contributed by atoms with Crippen molar-refractivity contribution < 1.29 is 19.1 Å². The van der Waals surface area contributed by atoms with Crippen LogP contribution in [0.15, 0.2) is 30.6 Å². The number of hydrogen-bond acceptors (Lipinski definition) is 12. The van der Waals surface area contributed by atoms with Gasteiger partial charge in [0.15, 0.2) is 0 Å². The molecule has 1 aromatic carbocycles. The number of amides is 2. The van der Waals surface area contributed by atoms with Crippen molar-refractivity contribution in [2.45, 2.75) is 84.2 Å². The predicted octanol–water partition coefficient (Wildman–Crippen LogP) is 3.80. The van der Waals surface area contributed by atoms with Gasteiger partial charge in [-0.3, -0.25) is 9.59 Å². The lowest BCUT2D eigenvalue weighted by Crippen LogP contribution is -2.48. The number of nitrogens with two attached hydrogens (primary N) is 1. The zero-order chi connectivity index (χ0) is 38.4. The number of ether oxygens (including phenoxy) is 2. The molecule has 14 nitrogen and oxygen atoms in total. The number of hydrogen-bond donors (Lipinski definition) is 2. The summed E-state index contributed by atoms with van der Waals surface area (Å²) in [5.74, 6) is 1.43. The molecule has 0 radical (unpaired) electrons. The minimum absolute atomic E-state index is 0.178. The minimum Gasteiger partial charge on any atom is -0.383 e. The van der Waals surface area contributed by atoms with Crippen LogP contribution in [0.25, 0.3) is 0 Å². The smallest absolute Gasteiger partial charge is 0.256 e. The summed E-state index contributed by atoms with van der Waals surface area (Å²) in [5.41, 5.74) is 12.9. The number of rotatable bonds is 19. The number of nitrogens with one attached hydrogen (secondary N) is 1. The van der Waals surface area contributed by atoms with Gasteiger partial charge in [-0.05, 0) is 75.1 Å². The topological polar surface area (TPSA) is 155 Å². The first-order valence-corrected chi connectivity index (χ1v) is 20.4. The van der Waals surface area contributed by atoms with E-state index in [4.69, 9.17) is 20.2 Å². The first-order valence-electron chi connectivity index (χ1n) is 20.4. The summed E-state index contributed by atoms with van der Waals surface area (Å²) >= 11 is 0. The van der Waals surface area contributed by atoms with Gasteiger partial charge >= 0.3 is 0 Å². The normalized spacial score (nSPS) is 15.9. The van der Waals surface area contributed by atoms with Crippen molar-refractivity contribution in [3.8, 4) is 0 Å². The number of nitrogen functional groups attached to an aromatic ring is 1. The Morgan fingerprint density at radius 1 is 0.764 bits per heavy atom. The van der Waals surface area contributed by atoms with E-state index < -0.39 is 0 Å². The lowest BCUT2D eigenvalue weighted by molar-refractivity contribution is -0.133. The molecule has 5 heterocycles. The third-order valence-corrected chi connectivity index (χ3v) is 10.8. The lowest BCUT2D eigenvalue weighted by Gasteiger charge is -2.35. The summed E-state index contributed by atoms with van der Waals surface area (Å²) in [6.45, 7) is 11.7. The van der Waals surface area contributed by atoms with E-state index in [9.17, 15) is 9.59 Å². The molecule has 298 valence electrons. The molecule has 2 amide bonds. The average molecular weight is 757 g/mol. The Balaban J connectivity index is 0.749. The van der Waals surface area contributed by atoms with Crippen LogP contribution in [0.2, 0.25) is 0 Å². The molecule has 1 saturated heterocycles. The van der Waals surface area contributed by atoms with Crippen LogP contribution in [-0.4, -0.2) is 121 Å². The van der Waals surface area contributed by atoms with Crippen molar-refractivity contribution >= 4 is 29.5 Å². The number of aryl methyl sites for hydroxylation is 1. The van der Waals surface area contributed by atoms with E-state index in [-0.39, 0.29) is 17.6 Å². The zero-order valence-electron chi connectivity index (χ0n) is 32.9. The third-order valence-electron chi connectivity index (χ3n) is 10.8. The quantitative estimate of drug-likeness (QED) is 0.171. The molecule has 0 atom stereocenters. The molecule has 0 bridgehead atoms. The third kappa shape index (κ3) is 11.6. The van der Waals surface area contributed by atoms with Crippen molar-refractivity contribution in [3.05, 3.63) is 64.1 Å². The molecule has 1 fully saturated rings. The van der Waals surface area contributed by atoms with Crippen LogP contribution >= 0.6 is 0 Å². The summed E-state index contributed by atoms with van der Waals surface area (Å²) in [6.07, 6.45) is 12.6. The second kappa shape index (κ2) is 20.5. The zero-order valence-corrected chi connectivity index (χ0v) is 32.9. The Bertz CT molecular complexity index is 1720. The fourth-order valence-corrected chi connectivity index (χ4v) is 7.37. The van der Waals surface area contributed by atoms with Crippen LogP contribution in [0.4, 0.5) is 17.7 Å². The van der Waals surface area contributed by atoms with Crippen LogP contribution in [0.3, 0.4) is 0 Å². The van der Waals surface area contributed by atoms with Gasteiger partial charge in [-0.1, -0.05) is 25.1 Å². The fraction of sp³-hybridized carbons (Fsp3) is 0.610. The van der Waals surface area contributed by atoms with Crippen molar-refractivity contribution in [3.63, 3.8) is 0 Å². The molecular formula is C41H60N10O4. The maximum atomic E-state index is 12.8. The standard InChI is InChI=1S/C41H60N10O4/c1-3-31-10-11-33-30-51(17-12-32(33)26-31)37(52)14-25-55-24-9-5-8-23-54-22-7-4-6-15-43-39(53)35-28-45-41(47-38(35)42)50-20-18-49(19-21-50)40-44-27-34-29-48(2)16-13-36(34)46-40/h10-11,26-28H,3-9,12-25,29-30H2,1-2H3,(H,43,53)(H2,42,45,47). The van der Waals surface area contributed by atoms with Gasteiger partial charge in [-0.25, -0.2) is 15.0 Å². The number of benzene rings is 1. The Hall–Kier alpha value is -4.40. The molecule has 3 aliphatic rings. The largest absolute Gasteiger partial charge is 0.383 e. The molecular weight excluding hydrogens is 697 g/mol. The molecule has 0 aliphatic carbocycles. The Labute approximate surface area is 326 Å². The molecule has 3 aromatic rings. The molecule has 55 heavy (non-hydrogen) atoms. The molecule has 3 aliphatic heterocycles. The van der Waals surface area contributed by atoms with E-state index in [0.717, 1.165) is 109 Å². The highest BCUT2D eigenvalue weighted by molar-refractivity contribution is 5.98. The predicted molar refractivity (Wildman–Crippen MR) is 214 cm³/mol. The number of likely N-dealkylation sites (N-methyl/N-ethyl adjacent to an activating group) is 1. The number of carbonyl (C=O) groups excluding carboxylic acids is 2. The first-order chi connectivity index (χ1) is 26.9. The number of piperazine rings is 1. The lowest BCUT2D eigenvalue weighted by atomic mass is 9.96. The van der Waals surface area contributed by atoms with Gasteiger partial charge in [0.25, 0.3) is 5.91 Å². The van der Waals surface area contributed by atoms with Gasteiger partial charge in [-0.2, -0.15) is 4.98 Å². The van der Waals surface area contributed by atoms with E-state index >= 15 is 0 Å². The van der Waals surface area contributed by atoms with Crippen molar-refractivity contribution in [1.29, 1.82) is 0 Å². The minimum atomic E-state index is -0.255. The van der Waals surface area contributed by atoms with Crippen molar-refractivity contribution in [2.24, 2.45) is 0 Å². The summed E-state index contributed by atoms with van der Waals surface area (Å²) in [6, 6.07) is 6.65. The molecule has 3 N–H and O–H groups in total. The van der Waals surface area contributed by atoms with Crippen LogP contribution < -0.4 is 20.9 Å². The Morgan fingerprint density at radius 3 is 2.18 bits per heavy atom. The van der Waals surface area contributed by atoms with Crippen LogP contribution in [0.1, 0.15) is 90.2 Å². The first kappa shape index (κ1) is 40.3. The molecule has 6 rings (SSSR count). The van der Waals surface area contributed by atoms with Crippen LogP contribution in [-0.2, 0) is 46.6 Å². The second-order valence-corrected chi connectivity index (χ2v) is 14.9. The highest BCUT2D eigenvalue weighted by Crippen LogP contribution is 2.23. The number of aromatic nitrogens is 4. The van der Waals surface area contributed by atoms with Crippen molar-refractivity contribution in [1.82, 2.24) is 35.1 Å². The number of anilines is 3. The van der Waals surface area contributed by atoms with Gasteiger partial charge in [-0.15, -0.1) is 0 Å². The molecule has 14 heteroatoms. The number of nitrogens with zero attached hydrogens (tertiary/aromatic N) is 8. The summed E-state index contributed by atoms with van der Waals surface area (Å²) in [4.78, 5) is 52.4. The van der Waals surface area contributed by atoms with E-state index in [2.05, 4.69) is 67.1 Å². The average Bonchev–Trinajstić information content (AvgIpc) is 3.21. The van der Waals surface area contributed by atoms with Crippen molar-refractivity contribution in [2.75, 3.05) is 94.8 Å². The second-order valence-electron chi connectivity index (χ2n) is 14.9. The Morgan fingerprint density at radius 2 is 1.45 bits per heavy atom. The Kier molecular flexibility index (Phi) is 15.0. The van der Waals surface area contributed by atoms with Gasteiger partial charge in [0.05, 0.1) is 24.3 Å². The maximum Gasteiger partial charge on any atom is 0.256 e. The van der Waals surface area contributed by atoms with E-state index in [1.54, 1.807) is 0 Å². The molecule has 0 unspecified atom stereocenters. The highest BCUT2D eigenvalue weighted by Gasteiger charge is 2.24.